The molecule has 32 heavy (non-hydrogen) atoms. The lowest BCUT2D eigenvalue weighted by molar-refractivity contribution is -0.117. The van der Waals surface area contributed by atoms with Gasteiger partial charge < -0.3 is 5.32 Å². The summed E-state index contributed by atoms with van der Waals surface area (Å²) < 4.78 is 77.3. The van der Waals surface area contributed by atoms with Gasteiger partial charge in [0.2, 0.25) is 26.0 Å². The molecule has 0 aliphatic carbocycles. The summed E-state index contributed by atoms with van der Waals surface area (Å²) in [5.74, 6) is -2.77. The van der Waals surface area contributed by atoms with Gasteiger partial charge in [-0.05, 0) is 36.8 Å². The van der Waals surface area contributed by atoms with Crippen molar-refractivity contribution in [1.82, 2.24) is 9.21 Å². The molecule has 0 saturated carbocycles. The number of rotatable bonds is 6. The maximum Gasteiger partial charge on any atom is 0.249 e. The lowest BCUT2D eigenvalue weighted by atomic mass is 10.2. The molecule has 13 heteroatoms. The number of nitrogens with two attached hydrogens (primary N) is 1. The number of nitrogens with zero attached hydrogens (tertiary/aromatic N) is 2. The Balaban J connectivity index is 1.61. The zero-order valence-corrected chi connectivity index (χ0v) is 18.7. The van der Waals surface area contributed by atoms with E-state index in [0.717, 1.165) is 22.5 Å². The molecule has 3 rings (SSSR count). The van der Waals surface area contributed by atoms with Gasteiger partial charge in [-0.25, -0.2) is 30.8 Å². The highest BCUT2D eigenvalue weighted by Gasteiger charge is 2.33. The molecule has 1 fully saturated rings. The summed E-state index contributed by atoms with van der Waals surface area (Å²) in [5, 5.41) is 7.75. The van der Waals surface area contributed by atoms with E-state index in [9.17, 15) is 30.4 Å². The Labute approximate surface area is 184 Å². The molecular formula is C19H22F2N4O5S2. The predicted molar refractivity (Wildman–Crippen MR) is 113 cm³/mol. The number of piperazine rings is 1. The number of amides is 1. The Morgan fingerprint density at radius 2 is 1.62 bits per heavy atom. The molecule has 0 radical (unpaired) electrons. The minimum absolute atomic E-state index is 0.0521. The number of hydrogen-bond acceptors (Lipinski definition) is 6. The first-order chi connectivity index (χ1) is 14.9. The van der Waals surface area contributed by atoms with Crippen molar-refractivity contribution >= 4 is 31.6 Å². The predicted octanol–water partition coefficient (Wildman–Crippen LogP) is 0.866. The quantitative estimate of drug-likeness (QED) is 0.621. The molecule has 0 spiro atoms. The number of aryl methyl sites for hydroxylation is 1. The number of carbonyl (C=O) groups excluding carboxylic acids is 1. The van der Waals surface area contributed by atoms with Crippen LogP contribution in [0.3, 0.4) is 0 Å². The van der Waals surface area contributed by atoms with Crippen molar-refractivity contribution in [3.63, 3.8) is 0 Å². The van der Waals surface area contributed by atoms with Gasteiger partial charge in [0, 0.05) is 31.9 Å². The van der Waals surface area contributed by atoms with Crippen molar-refractivity contribution in [1.29, 1.82) is 0 Å². The molecular weight excluding hydrogens is 466 g/mol. The van der Waals surface area contributed by atoms with E-state index in [2.05, 4.69) is 5.32 Å². The fourth-order valence-corrected chi connectivity index (χ4v) is 5.71. The minimum atomic E-state index is -4.36. The van der Waals surface area contributed by atoms with E-state index in [1.165, 1.54) is 18.2 Å². The molecule has 0 atom stereocenters. The lowest BCUT2D eigenvalue weighted by Gasteiger charge is -2.33. The minimum Gasteiger partial charge on any atom is -0.325 e. The average molecular weight is 489 g/mol. The molecule has 2 aromatic carbocycles. The maximum atomic E-state index is 13.9. The van der Waals surface area contributed by atoms with E-state index in [-0.39, 0.29) is 43.3 Å². The van der Waals surface area contributed by atoms with Crippen molar-refractivity contribution < 1.29 is 30.4 Å². The molecule has 0 bridgehead atoms. The van der Waals surface area contributed by atoms with Crippen LogP contribution in [-0.2, 0) is 24.8 Å². The van der Waals surface area contributed by atoms with Gasteiger partial charge in [0.1, 0.15) is 11.6 Å². The Kier molecular flexibility index (Phi) is 6.95. The van der Waals surface area contributed by atoms with Crippen LogP contribution in [0.2, 0.25) is 0 Å². The highest BCUT2D eigenvalue weighted by molar-refractivity contribution is 7.89. The molecule has 0 aromatic heterocycles. The largest absolute Gasteiger partial charge is 0.325 e. The van der Waals surface area contributed by atoms with E-state index < -0.39 is 42.5 Å². The monoisotopic (exact) mass is 488 g/mol. The molecule has 1 heterocycles. The van der Waals surface area contributed by atoms with Crippen LogP contribution in [0.25, 0.3) is 0 Å². The third-order valence-corrected chi connectivity index (χ3v) is 8.00. The van der Waals surface area contributed by atoms with Crippen LogP contribution in [0.1, 0.15) is 5.56 Å². The molecule has 1 aliphatic heterocycles. The Hall–Kier alpha value is -2.45. The highest BCUT2D eigenvalue weighted by atomic mass is 32.2. The molecule has 1 amide bonds. The van der Waals surface area contributed by atoms with Gasteiger partial charge in [-0.2, -0.15) is 4.31 Å². The maximum absolute atomic E-state index is 13.9. The number of primary sulfonamides is 1. The molecule has 3 N–H and O–H groups in total. The number of halogens is 2. The Bertz CT molecular complexity index is 1220. The molecule has 9 nitrogen and oxygen atoms in total. The van der Waals surface area contributed by atoms with Gasteiger partial charge in [-0.15, -0.1) is 0 Å². The lowest BCUT2D eigenvalue weighted by Crippen LogP contribution is -2.50. The first kappa shape index (κ1) is 24.2. The van der Waals surface area contributed by atoms with Crippen LogP contribution in [0.4, 0.5) is 14.5 Å². The van der Waals surface area contributed by atoms with Gasteiger partial charge in [0.25, 0.3) is 0 Å². The summed E-state index contributed by atoms with van der Waals surface area (Å²) in [4.78, 5) is 12.9. The van der Waals surface area contributed by atoms with Gasteiger partial charge in [0.05, 0.1) is 11.4 Å². The fraction of sp³-hybridized carbons (Fsp3) is 0.316. The standard InChI is InChI=1S/C19H22F2N4O5S2/c1-13-5-6-14(11-17(13)31(22,27)28)23-18(26)12-24-7-9-25(10-8-24)32(29,30)19-15(20)3-2-4-16(19)21/h2-6,11H,7-10,12H2,1H3,(H,23,26)(H2,22,27,28). The van der Waals surface area contributed by atoms with Gasteiger partial charge in [0.15, 0.2) is 4.90 Å². The number of anilines is 1. The highest BCUT2D eigenvalue weighted by Crippen LogP contribution is 2.24. The zero-order chi connectivity index (χ0) is 23.7. The van der Waals surface area contributed by atoms with Crippen molar-refractivity contribution in [2.75, 3.05) is 38.0 Å². The number of benzene rings is 2. The second kappa shape index (κ2) is 9.19. The van der Waals surface area contributed by atoms with E-state index in [4.69, 9.17) is 5.14 Å². The summed E-state index contributed by atoms with van der Waals surface area (Å²) in [6.07, 6.45) is 0. The molecule has 2 aromatic rings. The second-order valence-electron chi connectivity index (χ2n) is 7.30. The SMILES string of the molecule is Cc1ccc(NC(=O)CN2CCN(S(=O)(=O)c3c(F)cccc3F)CC2)cc1S(N)(=O)=O. The second-order valence-corrected chi connectivity index (χ2v) is 10.7. The Morgan fingerprint density at radius 3 is 2.19 bits per heavy atom. The summed E-state index contributed by atoms with van der Waals surface area (Å²) in [6.45, 7) is 1.72. The van der Waals surface area contributed by atoms with E-state index in [0.29, 0.717) is 5.56 Å². The van der Waals surface area contributed by atoms with Crippen molar-refractivity contribution in [2.24, 2.45) is 5.14 Å². The Morgan fingerprint density at radius 1 is 1.03 bits per heavy atom. The van der Waals surface area contributed by atoms with Crippen molar-refractivity contribution in [3.8, 4) is 0 Å². The van der Waals surface area contributed by atoms with Crippen LogP contribution in [0, 0.1) is 18.6 Å². The third-order valence-electron chi connectivity index (χ3n) is 4.99. The fourth-order valence-electron chi connectivity index (χ4n) is 3.37. The van der Waals surface area contributed by atoms with E-state index in [1.54, 1.807) is 11.8 Å². The summed E-state index contributed by atoms with van der Waals surface area (Å²) in [7, 11) is -8.31. The van der Waals surface area contributed by atoms with Crippen molar-refractivity contribution in [3.05, 3.63) is 53.6 Å². The van der Waals surface area contributed by atoms with Crippen LogP contribution < -0.4 is 10.5 Å². The summed E-state index contributed by atoms with van der Waals surface area (Å²) >= 11 is 0. The molecule has 1 aliphatic rings. The van der Waals surface area contributed by atoms with E-state index >= 15 is 0 Å². The average Bonchev–Trinajstić information content (AvgIpc) is 2.68. The number of hydrogen-bond donors (Lipinski definition) is 2. The van der Waals surface area contributed by atoms with Crippen LogP contribution in [0.5, 0.6) is 0 Å². The number of carbonyl (C=O) groups is 1. The number of sulfonamides is 2. The van der Waals surface area contributed by atoms with Crippen LogP contribution in [-0.4, -0.2) is 64.7 Å². The zero-order valence-electron chi connectivity index (χ0n) is 17.1. The van der Waals surface area contributed by atoms with Gasteiger partial charge in [-0.1, -0.05) is 12.1 Å². The third kappa shape index (κ3) is 5.30. The first-order valence-corrected chi connectivity index (χ1v) is 12.5. The van der Waals surface area contributed by atoms with Crippen LogP contribution >= 0.6 is 0 Å². The van der Waals surface area contributed by atoms with Crippen LogP contribution in [0.15, 0.2) is 46.2 Å². The molecule has 0 unspecified atom stereocenters. The smallest absolute Gasteiger partial charge is 0.249 e. The molecule has 174 valence electrons. The van der Waals surface area contributed by atoms with E-state index in [1.807, 2.05) is 0 Å². The summed E-state index contributed by atoms with van der Waals surface area (Å²) in [6, 6.07) is 7.15. The molecule has 1 saturated heterocycles. The summed E-state index contributed by atoms with van der Waals surface area (Å²) in [5.41, 5.74) is 0.690. The topological polar surface area (TPSA) is 130 Å². The first-order valence-electron chi connectivity index (χ1n) is 9.49. The van der Waals surface area contributed by atoms with Crippen molar-refractivity contribution in [2.45, 2.75) is 16.7 Å². The number of nitrogens with one attached hydrogen (secondary N) is 1. The van der Waals surface area contributed by atoms with Gasteiger partial charge >= 0.3 is 0 Å². The normalized spacial score (nSPS) is 16.1. The van der Waals surface area contributed by atoms with Gasteiger partial charge in [-0.3, -0.25) is 9.69 Å².